The van der Waals surface area contributed by atoms with Gasteiger partial charge in [0, 0.05) is 5.92 Å². The van der Waals surface area contributed by atoms with Gasteiger partial charge in [0.2, 0.25) is 0 Å². The van der Waals surface area contributed by atoms with E-state index in [4.69, 9.17) is 0 Å². The summed E-state index contributed by atoms with van der Waals surface area (Å²) in [6, 6.07) is 0. The Hall–Kier alpha value is -0.910. The highest BCUT2D eigenvalue weighted by Gasteiger charge is 2.31. The summed E-state index contributed by atoms with van der Waals surface area (Å²) in [6.07, 6.45) is 11.6. The quantitative estimate of drug-likeness (QED) is 0.589. The van der Waals surface area contributed by atoms with Crippen LogP contribution in [0.15, 0.2) is 59.2 Å². The van der Waals surface area contributed by atoms with Crippen LogP contribution in [0.3, 0.4) is 0 Å². The summed E-state index contributed by atoms with van der Waals surface area (Å²) in [5.74, 6) is 5.02. The molecular formula is C22H33OP. The van der Waals surface area contributed by atoms with Crippen LogP contribution in [-0.2, 0) is 0 Å². The van der Waals surface area contributed by atoms with Crippen LogP contribution >= 0.6 is 8.58 Å². The highest BCUT2D eigenvalue weighted by atomic mass is 31.1. The van der Waals surface area contributed by atoms with E-state index in [1.807, 2.05) is 0 Å². The Kier molecular flexibility index (Phi) is 6.10. The van der Waals surface area contributed by atoms with Gasteiger partial charge < -0.3 is 5.11 Å². The van der Waals surface area contributed by atoms with Crippen LogP contribution in [0.25, 0.3) is 0 Å². The molecule has 132 valence electrons. The van der Waals surface area contributed by atoms with Gasteiger partial charge in [0.1, 0.15) is 0 Å². The Balaban J connectivity index is 2.01. The lowest BCUT2D eigenvalue weighted by molar-refractivity contribution is 0.116. The molecule has 2 heteroatoms. The van der Waals surface area contributed by atoms with Gasteiger partial charge in [-0.1, -0.05) is 84.4 Å². The maximum absolute atomic E-state index is 9.98. The van der Waals surface area contributed by atoms with E-state index in [0.717, 1.165) is 19.3 Å². The van der Waals surface area contributed by atoms with E-state index in [9.17, 15) is 5.11 Å². The van der Waals surface area contributed by atoms with Crippen molar-refractivity contribution in [2.24, 2.45) is 16.7 Å². The Labute approximate surface area is 150 Å². The molecule has 0 saturated carbocycles. The fraction of sp³-hybridized carbons (Fsp3) is 0.545. The Morgan fingerprint density at radius 2 is 1.96 bits per heavy atom. The predicted octanol–water partition coefficient (Wildman–Crippen LogP) is 6.35. The molecule has 0 heterocycles. The number of hydrogen-bond acceptors (Lipinski definition) is 1. The Morgan fingerprint density at radius 1 is 1.25 bits per heavy atom. The summed E-state index contributed by atoms with van der Waals surface area (Å²) in [6.45, 7) is 15.5. The van der Waals surface area contributed by atoms with Gasteiger partial charge in [-0.2, -0.15) is 0 Å². The lowest BCUT2D eigenvalue weighted by atomic mass is 9.70. The number of hydrogen-bond donors (Lipinski definition) is 1. The highest BCUT2D eigenvalue weighted by Crippen LogP contribution is 2.43. The lowest BCUT2D eigenvalue weighted by Crippen LogP contribution is -2.28. The van der Waals surface area contributed by atoms with Crippen molar-refractivity contribution in [1.29, 1.82) is 0 Å². The van der Waals surface area contributed by atoms with Gasteiger partial charge in [-0.3, -0.25) is 0 Å². The van der Waals surface area contributed by atoms with Crippen LogP contribution in [0.5, 0.6) is 0 Å². The summed E-state index contributed by atoms with van der Waals surface area (Å²) in [5.41, 5.74) is 4.28. The molecule has 0 fully saturated rings. The van der Waals surface area contributed by atoms with Crippen LogP contribution < -0.4 is 0 Å². The molecule has 0 radical (unpaired) electrons. The van der Waals surface area contributed by atoms with E-state index in [2.05, 4.69) is 77.1 Å². The van der Waals surface area contributed by atoms with Gasteiger partial charge in [0.25, 0.3) is 0 Å². The van der Waals surface area contributed by atoms with E-state index in [0.29, 0.717) is 14.5 Å². The molecular weight excluding hydrogens is 311 g/mol. The van der Waals surface area contributed by atoms with Crippen LogP contribution in [0.4, 0.5) is 0 Å². The molecule has 24 heavy (non-hydrogen) atoms. The van der Waals surface area contributed by atoms with Crippen molar-refractivity contribution in [3.05, 3.63) is 59.2 Å². The van der Waals surface area contributed by atoms with Crippen molar-refractivity contribution in [2.75, 3.05) is 0 Å². The van der Waals surface area contributed by atoms with E-state index in [-0.39, 0.29) is 16.9 Å². The molecule has 1 nitrogen and oxygen atoms in total. The average molecular weight is 344 g/mol. The van der Waals surface area contributed by atoms with E-state index < -0.39 is 0 Å². The molecule has 2 rings (SSSR count). The zero-order chi connectivity index (χ0) is 18.0. The third-order valence-corrected chi connectivity index (χ3v) is 6.17. The number of aliphatic hydroxyl groups excluding tert-OH is 1. The molecule has 0 saturated heterocycles. The van der Waals surface area contributed by atoms with Crippen LogP contribution in [0, 0.1) is 16.7 Å². The Bertz CT molecular complexity index is 601. The molecule has 2 aliphatic carbocycles. The zero-order valence-electron chi connectivity index (χ0n) is 15.9. The van der Waals surface area contributed by atoms with Crippen LogP contribution in [0.2, 0.25) is 0 Å². The molecule has 1 N–H and O–H groups in total. The normalized spacial score (nSPS) is 30.3. The third kappa shape index (κ3) is 4.58. The van der Waals surface area contributed by atoms with Crippen molar-refractivity contribution >= 4 is 8.58 Å². The first-order valence-corrected chi connectivity index (χ1v) is 10.1. The molecule has 0 bridgehead atoms. The standard InChI is InChI=1S/C22H33OP/c1-16-8-7-11-21(3,4)19(16)9-12-24-13-10-20-17(2)14-18(23)15-22(20,5)6/h7-10,12-13,18-19,23-24H,1,11,14-15H2,2-6H3/b12-9+,13-10+/t18-,19+/m1/s1. The third-order valence-electron chi connectivity index (χ3n) is 5.43. The number of rotatable bonds is 4. The van der Waals surface area contributed by atoms with E-state index in [1.54, 1.807) is 0 Å². The van der Waals surface area contributed by atoms with Crippen molar-refractivity contribution in [3.63, 3.8) is 0 Å². The molecule has 0 aromatic heterocycles. The van der Waals surface area contributed by atoms with Crippen molar-refractivity contribution in [2.45, 2.75) is 60.0 Å². The van der Waals surface area contributed by atoms with Gasteiger partial charge in [0.15, 0.2) is 0 Å². The average Bonchev–Trinajstić information content (AvgIpc) is 2.42. The summed E-state index contributed by atoms with van der Waals surface area (Å²) in [7, 11) is 0.683. The summed E-state index contributed by atoms with van der Waals surface area (Å²) >= 11 is 0. The van der Waals surface area contributed by atoms with Gasteiger partial charge in [-0.05, 0) is 48.2 Å². The molecule has 0 amide bonds. The fourth-order valence-electron chi connectivity index (χ4n) is 4.15. The minimum atomic E-state index is -0.188. The molecule has 3 atom stereocenters. The fourth-order valence-corrected chi connectivity index (χ4v) is 4.83. The second-order valence-corrected chi connectivity index (χ2v) is 9.65. The van der Waals surface area contributed by atoms with Crippen molar-refractivity contribution in [3.8, 4) is 0 Å². The first kappa shape index (κ1) is 19.4. The molecule has 2 aliphatic rings. The van der Waals surface area contributed by atoms with E-state index in [1.165, 1.54) is 16.7 Å². The van der Waals surface area contributed by atoms with Crippen molar-refractivity contribution < 1.29 is 5.11 Å². The zero-order valence-corrected chi connectivity index (χ0v) is 16.9. The topological polar surface area (TPSA) is 20.2 Å². The van der Waals surface area contributed by atoms with Crippen molar-refractivity contribution in [1.82, 2.24) is 0 Å². The molecule has 0 aliphatic heterocycles. The molecule has 0 aromatic carbocycles. The van der Waals surface area contributed by atoms with E-state index >= 15 is 0 Å². The maximum atomic E-state index is 9.98. The summed E-state index contributed by atoms with van der Waals surface area (Å²) < 4.78 is 0. The SMILES string of the molecule is C=C1C=CCC(C)(C)[C@H]1/C=C/P/C=C/C1=C(C)C[C@@H](O)CC1(C)C. The van der Waals surface area contributed by atoms with Gasteiger partial charge >= 0.3 is 0 Å². The minimum Gasteiger partial charge on any atom is -0.393 e. The monoisotopic (exact) mass is 344 g/mol. The lowest BCUT2D eigenvalue weighted by Gasteiger charge is -2.35. The minimum absolute atomic E-state index is 0.0664. The second-order valence-electron chi connectivity index (χ2n) is 8.65. The number of allylic oxidation sites excluding steroid dienone is 6. The van der Waals surface area contributed by atoms with Crippen LogP contribution in [0.1, 0.15) is 53.9 Å². The first-order chi connectivity index (χ1) is 11.1. The largest absolute Gasteiger partial charge is 0.393 e. The molecule has 0 aromatic rings. The summed E-state index contributed by atoms with van der Waals surface area (Å²) in [4.78, 5) is 0. The predicted molar refractivity (Wildman–Crippen MR) is 108 cm³/mol. The van der Waals surface area contributed by atoms with Gasteiger partial charge in [-0.25, -0.2) is 0 Å². The van der Waals surface area contributed by atoms with Gasteiger partial charge in [-0.15, -0.1) is 0 Å². The molecule has 1 unspecified atom stereocenters. The Morgan fingerprint density at radius 3 is 2.58 bits per heavy atom. The van der Waals surface area contributed by atoms with Gasteiger partial charge in [0.05, 0.1) is 6.10 Å². The first-order valence-electron chi connectivity index (χ1n) is 8.96. The van der Waals surface area contributed by atoms with Crippen LogP contribution in [-0.4, -0.2) is 11.2 Å². The summed E-state index contributed by atoms with van der Waals surface area (Å²) in [5, 5.41) is 9.98. The smallest absolute Gasteiger partial charge is 0.0585 e. The second kappa shape index (κ2) is 7.54. The highest BCUT2D eigenvalue weighted by molar-refractivity contribution is 7.45. The molecule has 0 spiro atoms. The maximum Gasteiger partial charge on any atom is 0.0585 e. The number of aliphatic hydroxyl groups is 1.